The maximum absolute atomic E-state index is 11.5. The van der Waals surface area contributed by atoms with E-state index in [1.54, 1.807) is 6.92 Å². The summed E-state index contributed by atoms with van der Waals surface area (Å²) in [6.45, 7) is 10.6. The van der Waals surface area contributed by atoms with Crippen molar-refractivity contribution in [2.75, 3.05) is 0 Å². The molecule has 0 radical (unpaired) electrons. The van der Waals surface area contributed by atoms with Crippen LogP contribution in [-0.2, 0) is 0 Å². The molecule has 1 aromatic carbocycles. The molecule has 0 unspecified atom stereocenters. The molecule has 0 fully saturated rings. The molecule has 2 rings (SSSR count). The summed E-state index contributed by atoms with van der Waals surface area (Å²) in [5.41, 5.74) is 4.85. The monoisotopic (exact) mass is 216 g/mol. The molecule has 1 heteroatoms. The molecule has 1 aromatic rings. The van der Waals surface area contributed by atoms with Gasteiger partial charge in [0.15, 0.2) is 5.78 Å². The second-order valence-electron chi connectivity index (χ2n) is 5.29. The third-order valence-corrected chi connectivity index (χ3v) is 4.37. The summed E-state index contributed by atoms with van der Waals surface area (Å²) in [6.07, 6.45) is 0. The third-order valence-electron chi connectivity index (χ3n) is 4.37. The fourth-order valence-electron chi connectivity index (χ4n) is 2.91. The van der Waals surface area contributed by atoms with Crippen molar-refractivity contribution in [3.8, 4) is 0 Å². The summed E-state index contributed by atoms with van der Waals surface area (Å²) in [5.74, 6) is 2.05. The van der Waals surface area contributed by atoms with E-state index in [2.05, 4.69) is 32.9 Å². The van der Waals surface area contributed by atoms with Crippen molar-refractivity contribution in [2.24, 2.45) is 5.92 Å². The second kappa shape index (κ2) is 3.73. The van der Waals surface area contributed by atoms with Crippen LogP contribution in [0.15, 0.2) is 12.1 Å². The van der Waals surface area contributed by atoms with Crippen molar-refractivity contribution in [3.63, 3.8) is 0 Å². The molecule has 1 nitrogen and oxygen atoms in total. The van der Waals surface area contributed by atoms with Crippen LogP contribution in [0.2, 0.25) is 0 Å². The van der Waals surface area contributed by atoms with E-state index in [-0.39, 0.29) is 5.78 Å². The third kappa shape index (κ3) is 1.50. The van der Waals surface area contributed by atoms with Gasteiger partial charge in [-0.05, 0) is 54.4 Å². The van der Waals surface area contributed by atoms with Gasteiger partial charge in [0, 0.05) is 5.56 Å². The fraction of sp³-hybridized carbons (Fsp3) is 0.533. The van der Waals surface area contributed by atoms with Crippen molar-refractivity contribution >= 4 is 5.78 Å². The molecular weight excluding hydrogens is 196 g/mol. The lowest BCUT2D eigenvalue weighted by molar-refractivity contribution is 0.101. The average molecular weight is 216 g/mol. The number of rotatable bonds is 1. The number of aryl methyl sites for hydroxylation is 1. The molecule has 0 amide bonds. The number of carbonyl (C=O) groups is 1. The molecule has 0 heterocycles. The lowest BCUT2D eigenvalue weighted by Gasteiger charge is -2.13. The number of hydrogen-bond donors (Lipinski definition) is 0. The van der Waals surface area contributed by atoms with E-state index in [9.17, 15) is 4.79 Å². The van der Waals surface area contributed by atoms with Crippen LogP contribution in [0.1, 0.15) is 66.6 Å². The molecule has 0 bridgehead atoms. The van der Waals surface area contributed by atoms with E-state index < -0.39 is 0 Å². The van der Waals surface area contributed by atoms with Gasteiger partial charge in [-0.15, -0.1) is 0 Å². The number of ketones is 1. The van der Waals surface area contributed by atoms with Crippen LogP contribution in [-0.4, -0.2) is 5.78 Å². The van der Waals surface area contributed by atoms with Gasteiger partial charge < -0.3 is 0 Å². The Morgan fingerprint density at radius 2 is 1.56 bits per heavy atom. The first-order chi connectivity index (χ1) is 7.43. The predicted molar refractivity (Wildman–Crippen MR) is 67.2 cm³/mol. The lowest BCUT2D eigenvalue weighted by Crippen LogP contribution is -2.02. The van der Waals surface area contributed by atoms with E-state index in [0.717, 1.165) is 11.1 Å². The first-order valence-electron chi connectivity index (χ1n) is 6.08. The largest absolute Gasteiger partial charge is 0.295 e. The molecule has 3 atom stereocenters. The van der Waals surface area contributed by atoms with Crippen molar-refractivity contribution in [3.05, 3.63) is 34.4 Å². The van der Waals surface area contributed by atoms with Crippen LogP contribution in [0, 0.1) is 12.8 Å². The van der Waals surface area contributed by atoms with Crippen LogP contribution in [0.5, 0.6) is 0 Å². The molecule has 0 saturated carbocycles. The quantitative estimate of drug-likeness (QED) is 0.647. The zero-order chi connectivity index (χ0) is 12.0. The van der Waals surface area contributed by atoms with E-state index in [4.69, 9.17) is 0 Å². The van der Waals surface area contributed by atoms with E-state index in [1.807, 2.05) is 6.92 Å². The molecule has 0 saturated heterocycles. The smallest absolute Gasteiger partial charge is 0.160 e. The molecule has 1 aliphatic carbocycles. The molecule has 1 aliphatic rings. The molecule has 86 valence electrons. The van der Waals surface area contributed by atoms with Gasteiger partial charge in [0.05, 0.1) is 0 Å². The minimum Gasteiger partial charge on any atom is -0.295 e. The van der Waals surface area contributed by atoms with Gasteiger partial charge in [-0.25, -0.2) is 0 Å². The molecular formula is C15H20O. The zero-order valence-electron chi connectivity index (χ0n) is 10.8. The summed E-state index contributed by atoms with van der Waals surface area (Å²) >= 11 is 0. The van der Waals surface area contributed by atoms with Crippen LogP contribution in [0.4, 0.5) is 0 Å². The number of Topliss-reactive ketones (excluding diaryl/α,β-unsaturated/α-hetero) is 1. The van der Waals surface area contributed by atoms with Crippen LogP contribution in [0.25, 0.3) is 0 Å². The minimum absolute atomic E-state index is 0.180. The van der Waals surface area contributed by atoms with Gasteiger partial charge in [0.25, 0.3) is 0 Å². The van der Waals surface area contributed by atoms with Crippen molar-refractivity contribution in [2.45, 2.75) is 46.5 Å². The number of carbonyl (C=O) groups excluding carboxylic acids is 1. The number of hydrogen-bond acceptors (Lipinski definition) is 1. The zero-order valence-corrected chi connectivity index (χ0v) is 10.8. The van der Waals surface area contributed by atoms with Gasteiger partial charge in [-0.3, -0.25) is 4.79 Å². The van der Waals surface area contributed by atoms with Gasteiger partial charge in [-0.1, -0.05) is 26.8 Å². The Hall–Kier alpha value is -1.11. The van der Waals surface area contributed by atoms with E-state index in [0.29, 0.717) is 17.8 Å². The predicted octanol–water partition coefficient (Wildman–Crippen LogP) is 4.05. The molecule has 16 heavy (non-hydrogen) atoms. The number of fused-ring (bicyclic) bond motifs is 1. The fourth-order valence-corrected chi connectivity index (χ4v) is 2.91. The van der Waals surface area contributed by atoms with Gasteiger partial charge in [0.1, 0.15) is 0 Å². The normalized spacial score (nSPS) is 27.9. The summed E-state index contributed by atoms with van der Waals surface area (Å²) in [7, 11) is 0. The van der Waals surface area contributed by atoms with Crippen molar-refractivity contribution in [1.29, 1.82) is 0 Å². The first kappa shape index (κ1) is 11.4. The Morgan fingerprint density at radius 1 is 1.06 bits per heavy atom. The topological polar surface area (TPSA) is 17.1 Å². The lowest BCUT2D eigenvalue weighted by atomic mass is 9.91. The molecule has 0 N–H and O–H groups in total. The van der Waals surface area contributed by atoms with E-state index >= 15 is 0 Å². The first-order valence-corrected chi connectivity index (χ1v) is 6.08. The Balaban J connectivity index is 2.60. The maximum atomic E-state index is 11.5. The molecule has 0 aromatic heterocycles. The summed E-state index contributed by atoms with van der Waals surface area (Å²) < 4.78 is 0. The Bertz CT molecular complexity index is 445. The average Bonchev–Trinajstić information content (AvgIpc) is 2.43. The van der Waals surface area contributed by atoms with Crippen molar-refractivity contribution < 1.29 is 4.79 Å². The minimum atomic E-state index is 0.180. The standard InChI is InChI=1S/C15H20O/c1-8-6-14-10(3)9(2)11(4)15(14)7-13(8)12(5)16/h6-7,9-11H,1-5H3/t9-,10+,11-/m1/s1. The highest BCUT2D eigenvalue weighted by Crippen LogP contribution is 2.46. The van der Waals surface area contributed by atoms with Gasteiger partial charge in [-0.2, -0.15) is 0 Å². The summed E-state index contributed by atoms with van der Waals surface area (Å²) in [5, 5.41) is 0. The van der Waals surface area contributed by atoms with Gasteiger partial charge in [0.2, 0.25) is 0 Å². The van der Waals surface area contributed by atoms with Crippen LogP contribution in [0.3, 0.4) is 0 Å². The summed E-state index contributed by atoms with van der Waals surface area (Å²) in [6, 6.07) is 4.34. The maximum Gasteiger partial charge on any atom is 0.160 e. The Labute approximate surface area is 97.9 Å². The molecule has 0 spiro atoms. The second-order valence-corrected chi connectivity index (χ2v) is 5.29. The SMILES string of the molecule is CC(=O)c1cc2c(cc1C)[C@@H](C)[C@@H](C)[C@H]2C. The highest BCUT2D eigenvalue weighted by atomic mass is 16.1. The Morgan fingerprint density at radius 3 is 2.06 bits per heavy atom. The van der Waals surface area contributed by atoms with Gasteiger partial charge >= 0.3 is 0 Å². The van der Waals surface area contributed by atoms with Crippen LogP contribution < -0.4 is 0 Å². The van der Waals surface area contributed by atoms with Crippen molar-refractivity contribution in [1.82, 2.24) is 0 Å². The van der Waals surface area contributed by atoms with Crippen LogP contribution >= 0.6 is 0 Å². The molecule has 0 aliphatic heterocycles. The Kier molecular flexibility index (Phi) is 2.65. The van der Waals surface area contributed by atoms with E-state index in [1.165, 1.54) is 11.1 Å². The summed E-state index contributed by atoms with van der Waals surface area (Å²) in [4.78, 5) is 11.5. The number of benzene rings is 1. The highest BCUT2D eigenvalue weighted by molar-refractivity contribution is 5.96. The highest BCUT2D eigenvalue weighted by Gasteiger charge is 2.33.